The van der Waals surface area contributed by atoms with Gasteiger partial charge in [0.05, 0.1) is 11.8 Å². The highest BCUT2D eigenvalue weighted by Crippen LogP contribution is 2.23. The van der Waals surface area contributed by atoms with E-state index in [0.29, 0.717) is 0 Å². The molecule has 0 unspecified atom stereocenters. The monoisotopic (exact) mass is 213 g/mol. The van der Waals surface area contributed by atoms with Crippen LogP contribution >= 0.6 is 0 Å². The van der Waals surface area contributed by atoms with Gasteiger partial charge in [-0.2, -0.15) is 0 Å². The zero-order chi connectivity index (χ0) is 11.1. The van der Waals surface area contributed by atoms with Crippen LogP contribution < -0.4 is 0 Å². The molecule has 0 spiro atoms. The third kappa shape index (κ3) is 1.31. The maximum Gasteiger partial charge on any atom is 0.178 e. The van der Waals surface area contributed by atoms with Gasteiger partial charge in [-0.1, -0.05) is 0 Å². The average molecular weight is 213 g/mol. The summed E-state index contributed by atoms with van der Waals surface area (Å²) in [6.07, 6.45) is 3.47. The molecule has 0 atom stereocenters. The lowest BCUT2D eigenvalue weighted by Gasteiger charge is -1.90. The Balaban J connectivity index is 2.23. The molecule has 80 valence electrons. The predicted octanol–water partition coefficient (Wildman–Crippen LogP) is 2.83. The Labute approximate surface area is 92.3 Å². The van der Waals surface area contributed by atoms with Crippen LogP contribution in [0.1, 0.15) is 11.1 Å². The number of furan rings is 1. The van der Waals surface area contributed by atoms with Gasteiger partial charge < -0.3 is 9.40 Å². The number of hydrogen-bond acceptors (Lipinski definition) is 3. The average Bonchev–Trinajstić information content (AvgIpc) is 2.82. The maximum absolute atomic E-state index is 5.39. The van der Waals surface area contributed by atoms with Crippen LogP contribution in [-0.4, -0.2) is 15.0 Å². The van der Waals surface area contributed by atoms with Gasteiger partial charge in [-0.3, -0.25) is 0 Å². The van der Waals surface area contributed by atoms with Crippen LogP contribution in [0.15, 0.2) is 29.0 Å². The lowest BCUT2D eigenvalue weighted by atomic mass is 10.3. The summed E-state index contributed by atoms with van der Waals surface area (Å²) in [4.78, 5) is 11.9. The number of H-pyrrole nitrogens is 1. The molecular weight excluding hydrogens is 202 g/mol. The van der Waals surface area contributed by atoms with E-state index in [-0.39, 0.29) is 0 Å². The molecule has 0 aliphatic rings. The molecule has 0 aliphatic carbocycles. The SMILES string of the molecule is Cc1cnc2nc(-c3occc3C)[nH]c2c1. The van der Waals surface area contributed by atoms with Gasteiger partial charge in [-0.15, -0.1) is 0 Å². The number of aromatic amines is 1. The lowest BCUT2D eigenvalue weighted by molar-refractivity contribution is 0.577. The van der Waals surface area contributed by atoms with Crippen molar-refractivity contribution < 1.29 is 4.42 Å². The summed E-state index contributed by atoms with van der Waals surface area (Å²) in [6, 6.07) is 3.94. The van der Waals surface area contributed by atoms with Gasteiger partial charge >= 0.3 is 0 Å². The Bertz CT molecular complexity index is 651. The zero-order valence-corrected chi connectivity index (χ0v) is 9.11. The first kappa shape index (κ1) is 9.15. The molecule has 0 amide bonds. The molecule has 3 aromatic rings. The molecule has 3 aromatic heterocycles. The van der Waals surface area contributed by atoms with Crippen molar-refractivity contribution in [3.05, 3.63) is 35.7 Å². The molecule has 3 heterocycles. The van der Waals surface area contributed by atoms with E-state index in [9.17, 15) is 0 Å². The number of aromatic nitrogens is 3. The molecule has 0 saturated heterocycles. The van der Waals surface area contributed by atoms with Gasteiger partial charge in [0.1, 0.15) is 0 Å². The van der Waals surface area contributed by atoms with Gasteiger partial charge in [0.25, 0.3) is 0 Å². The molecule has 0 fully saturated rings. The molecule has 16 heavy (non-hydrogen) atoms. The van der Waals surface area contributed by atoms with E-state index in [1.165, 1.54) is 0 Å². The highest BCUT2D eigenvalue weighted by atomic mass is 16.3. The number of rotatable bonds is 1. The second-order valence-corrected chi connectivity index (χ2v) is 3.90. The van der Waals surface area contributed by atoms with E-state index in [1.54, 1.807) is 6.26 Å². The number of pyridine rings is 1. The number of imidazole rings is 1. The van der Waals surface area contributed by atoms with E-state index in [4.69, 9.17) is 4.42 Å². The van der Waals surface area contributed by atoms with Gasteiger partial charge in [0.2, 0.25) is 0 Å². The minimum atomic E-state index is 0.719. The van der Waals surface area contributed by atoms with Gasteiger partial charge in [-0.05, 0) is 37.1 Å². The standard InChI is InChI=1S/C12H11N3O/c1-7-5-9-11(13-6-7)15-12(14-9)10-8(2)3-4-16-10/h3-6H,1-2H3,(H,13,14,15). The Kier molecular flexibility index (Phi) is 1.83. The summed E-state index contributed by atoms with van der Waals surface area (Å²) in [5, 5.41) is 0. The van der Waals surface area contributed by atoms with Gasteiger partial charge in [0, 0.05) is 6.20 Å². The molecule has 3 rings (SSSR count). The lowest BCUT2D eigenvalue weighted by Crippen LogP contribution is -1.79. The number of aryl methyl sites for hydroxylation is 2. The largest absolute Gasteiger partial charge is 0.461 e. The van der Waals surface area contributed by atoms with Crippen molar-refractivity contribution in [1.29, 1.82) is 0 Å². The first-order valence-electron chi connectivity index (χ1n) is 5.11. The number of nitrogens with one attached hydrogen (secondary N) is 1. The molecule has 4 nitrogen and oxygen atoms in total. The molecule has 0 radical (unpaired) electrons. The maximum atomic E-state index is 5.39. The van der Waals surface area contributed by atoms with Crippen molar-refractivity contribution in [1.82, 2.24) is 15.0 Å². The Morgan fingerprint density at radius 3 is 2.94 bits per heavy atom. The topological polar surface area (TPSA) is 54.7 Å². The van der Waals surface area contributed by atoms with E-state index in [0.717, 1.165) is 33.9 Å². The molecule has 1 N–H and O–H groups in total. The normalized spacial score (nSPS) is 11.1. The molecule has 4 heteroatoms. The fourth-order valence-corrected chi connectivity index (χ4v) is 1.73. The van der Waals surface area contributed by atoms with Gasteiger partial charge in [0.15, 0.2) is 17.2 Å². The second kappa shape index (κ2) is 3.20. The summed E-state index contributed by atoms with van der Waals surface area (Å²) < 4.78 is 5.39. The van der Waals surface area contributed by atoms with Crippen LogP contribution in [0.2, 0.25) is 0 Å². The summed E-state index contributed by atoms with van der Waals surface area (Å²) in [7, 11) is 0. The molecule has 0 aliphatic heterocycles. The summed E-state index contributed by atoms with van der Waals surface area (Å²) in [6.45, 7) is 4.00. The van der Waals surface area contributed by atoms with Crippen LogP contribution in [0, 0.1) is 13.8 Å². The third-order valence-corrected chi connectivity index (χ3v) is 2.55. The van der Waals surface area contributed by atoms with E-state index < -0.39 is 0 Å². The van der Waals surface area contributed by atoms with Crippen LogP contribution in [0.25, 0.3) is 22.7 Å². The Morgan fingerprint density at radius 2 is 2.19 bits per heavy atom. The molecule has 0 saturated carbocycles. The van der Waals surface area contributed by atoms with Crippen molar-refractivity contribution in [3.63, 3.8) is 0 Å². The van der Waals surface area contributed by atoms with E-state index >= 15 is 0 Å². The molecule has 0 aromatic carbocycles. The quantitative estimate of drug-likeness (QED) is 0.676. The van der Waals surface area contributed by atoms with Crippen molar-refractivity contribution in [2.24, 2.45) is 0 Å². The van der Waals surface area contributed by atoms with Gasteiger partial charge in [-0.25, -0.2) is 9.97 Å². The number of nitrogens with zero attached hydrogens (tertiary/aromatic N) is 2. The summed E-state index contributed by atoms with van der Waals surface area (Å²) in [5.74, 6) is 1.51. The van der Waals surface area contributed by atoms with E-state index in [2.05, 4.69) is 15.0 Å². The first-order chi connectivity index (χ1) is 7.74. The minimum Gasteiger partial charge on any atom is -0.461 e. The van der Waals surface area contributed by atoms with Crippen molar-refractivity contribution >= 4 is 11.2 Å². The van der Waals surface area contributed by atoms with Crippen LogP contribution in [0.5, 0.6) is 0 Å². The zero-order valence-electron chi connectivity index (χ0n) is 9.11. The van der Waals surface area contributed by atoms with Crippen LogP contribution in [0.4, 0.5) is 0 Å². The van der Waals surface area contributed by atoms with Crippen LogP contribution in [-0.2, 0) is 0 Å². The Hall–Kier alpha value is -2.10. The minimum absolute atomic E-state index is 0.719. The second-order valence-electron chi connectivity index (χ2n) is 3.90. The van der Waals surface area contributed by atoms with Crippen molar-refractivity contribution in [3.8, 4) is 11.6 Å². The fraction of sp³-hybridized carbons (Fsp3) is 0.167. The highest BCUT2D eigenvalue weighted by Gasteiger charge is 2.11. The smallest absolute Gasteiger partial charge is 0.178 e. The third-order valence-electron chi connectivity index (χ3n) is 2.55. The Morgan fingerprint density at radius 1 is 1.31 bits per heavy atom. The number of fused-ring (bicyclic) bond motifs is 1. The van der Waals surface area contributed by atoms with Crippen LogP contribution in [0.3, 0.4) is 0 Å². The van der Waals surface area contributed by atoms with Crippen molar-refractivity contribution in [2.75, 3.05) is 0 Å². The highest BCUT2D eigenvalue weighted by molar-refractivity contribution is 5.75. The summed E-state index contributed by atoms with van der Waals surface area (Å²) in [5.41, 5.74) is 3.83. The molecule has 0 bridgehead atoms. The molecular formula is C12H11N3O. The predicted molar refractivity (Wildman–Crippen MR) is 61.1 cm³/mol. The van der Waals surface area contributed by atoms with Crippen molar-refractivity contribution in [2.45, 2.75) is 13.8 Å². The fourth-order valence-electron chi connectivity index (χ4n) is 1.73. The summed E-state index contributed by atoms with van der Waals surface area (Å²) >= 11 is 0. The first-order valence-corrected chi connectivity index (χ1v) is 5.11. The van der Waals surface area contributed by atoms with E-state index in [1.807, 2.05) is 32.2 Å². The number of hydrogen-bond donors (Lipinski definition) is 1.